The van der Waals surface area contributed by atoms with Crippen molar-refractivity contribution in [2.45, 2.75) is 44.6 Å². The van der Waals surface area contributed by atoms with Crippen molar-refractivity contribution in [1.82, 2.24) is 4.57 Å². The van der Waals surface area contributed by atoms with E-state index >= 15 is 0 Å². The molecule has 1 aliphatic heterocycles. The second-order valence-electron chi connectivity index (χ2n) is 5.82. The summed E-state index contributed by atoms with van der Waals surface area (Å²) in [5.41, 5.74) is 3.76. The first kappa shape index (κ1) is 11.2. The molecule has 0 amide bonds. The summed E-state index contributed by atoms with van der Waals surface area (Å²) in [6.45, 7) is 2.18. The van der Waals surface area contributed by atoms with Crippen LogP contribution in [0.15, 0.2) is 36.4 Å². The smallest absolute Gasteiger partial charge is 0.149 e. The third kappa shape index (κ3) is 1.49. The summed E-state index contributed by atoms with van der Waals surface area (Å²) in [6.07, 6.45) is 6.17. The highest BCUT2D eigenvalue weighted by atomic mass is 16.5. The average Bonchev–Trinajstić information content (AvgIpc) is 2.84. The molecule has 1 aromatic heterocycles. The Kier molecular flexibility index (Phi) is 2.29. The molecule has 1 spiro atoms. The number of ether oxygens (including phenoxy) is 1. The summed E-state index contributed by atoms with van der Waals surface area (Å²) >= 11 is 0. The van der Waals surface area contributed by atoms with Gasteiger partial charge in [-0.15, -0.1) is 0 Å². The molecule has 2 nitrogen and oxygen atoms in total. The Hall–Kier alpha value is -1.70. The van der Waals surface area contributed by atoms with E-state index in [0.717, 1.165) is 18.6 Å². The van der Waals surface area contributed by atoms with Crippen molar-refractivity contribution in [3.63, 3.8) is 0 Å². The molecule has 2 heterocycles. The lowest BCUT2D eigenvalue weighted by Gasteiger charge is -2.42. The second-order valence-corrected chi connectivity index (χ2v) is 5.82. The topological polar surface area (TPSA) is 14.2 Å². The predicted molar refractivity (Wildman–Crippen MR) is 75.9 cm³/mol. The number of hydrogen-bond donors (Lipinski definition) is 0. The molecule has 19 heavy (non-hydrogen) atoms. The van der Waals surface area contributed by atoms with Crippen LogP contribution in [-0.4, -0.2) is 4.57 Å². The van der Waals surface area contributed by atoms with Crippen molar-refractivity contribution in [2.75, 3.05) is 0 Å². The van der Waals surface area contributed by atoms with Crippen LogP contribution in [0.2, 0.25) is 0 Å². The van der Waals surface area contributed by atoms with E-state index in [2.05, 4.69) is 47.9 Å². The fourth-order valence-corrected chi connectivity index (χ4v) is 3.69. The molecule has 1 aliphatic carbocycles. The summed E-state index contributed by atoms with van der Waals surface area (Å²) in [4.78, 5) is 0. The lowest BCUT2D eigenvalue weighted by atomic mass is 9.81. The van der Waals surface area contributed by atoms with Crippen molar-refractivity contribution in [3.8, 4) is 11.4 Å². The molecule has 2 heteroatoms. The van der Waals surface area contributed by atoms with Crippen LogP contribution in [-0.2, 0) is 5.60 Å². The van der Waals surface area contributed by atoms with E-state index in [1.807, 2.05) is 0 Å². The predicted octanol–water partition coefficient (Wildman–Crippen LogP) is 4.34. The monoisotopic (exact) mass is 253 g/mol. The van der Waals surface area contributed by atoms with Gasteiger partial charge in [0.05, 0.1) is 11.4 Å². The van der Waals surface area contributed by atoms with E-state index < -0.39 is 0 Å². The molecule has 0 saturated heterocycles. The third-order valence-corrected chi connectivity index (χ3v) is 4.62. The van der Waals surface area contributed by atoms with Crippen molar-refractivity contribution in [1.29, 1.82) is 0 Å². The maximum Gasteiger partial charge on any atom is 0.149 e. The number of rotatable bonds is 0. The molecule has 98 valence electrons. The zero-order valence-electron chi connectivity index (χ0n) is 11.4. The summed E-state index contributed by atoms with van der Waals surface area (Å²) in [7, 11) is 0. The number of aryl methyl sites for hydroxylation is 1. The van der Waals surface area contributed by atoms with E-state index in [1.165, 1.54) is 36.3 Å². The highest BCUT2D eigenvalue weighted by Gasteiger charge is 2.42. The van der Waals surface area contributed by atoms with E-state index in [4.69, 9.17) is 4.74 Å². The number of benzene rings is 1. The van der Waals surface area contributed by atoms with E-state index in [9.17, 15) is 0 Å². The number of para-hydroxylation sites is 2. The van der Waals surface area contributed by atoms with Gasteiger partial charge in [-0.2, -0.15) is 0 Å². The standard InChI is InChI=1S/C17H19NO/c1-13-9-10-16-17(11-5-2-6-12-17)19-15-8-4-3-7-14(15)18(13)16/h3-4,7-10H,2,5-6,11-12H2,1H3. The first-order chi connectivity index (χ1) is 9.30. The SMILES string of the molecule is Cc1ccc2n1-c1ccccc1OC21CCCCC1. The quantitative estimate of drug-likeness (QED) is 0.681. The number of nitrogens with zero attached hydrogens (tertiary/aromatic N) is 1. The summed E-state index contributed by atoms with van der Waals surface area (Å²) in [5, 5.41) is 0. The molecule has 1 fully saturated rings. The molecule has 2 aromatic rings. The summed E-state index contributed by atoms with van der Waals surface area (Å²) in [6, 6.07) is 12.9. The first-order valence-electron chi connectivity index (χ1n) is 7.27. The summed E-state index contributed by atoms with van der Waals surface area (Å²) < 4.78 is 8.87. The van der Waals surface area contributed by atoms with E-state index in [0.29, 0.717) is 0 Å². The molecule has 1 aromatic carbocycles. The minimum Gasteiger partial charge on any atom is -0.479 e. The lowest BCUT2D eigenvalue weighted by Crippen LogP contribution is -2.40. The highest BCUT2D eigenvalue weighted by molar-refractivity contribution is 5.53. The Labute approximate surface area is 114 Å². The van der Waals surface area contributed by atoms with Gasteiger partial charge in [-0.1, -0.05) is 18.6 Å². The molecular formula is C17H19NO. The van der Waals surface area contributed by atoms with Crippen LogP contribution in [0.1, 0.15) is 43.5 Å². The van der Waals surface area contributed by atoms with Gasteiger partial charge in [0.25, 0.3) is 0 Å². The van der Waals surface area contributed by atoms with Crippen LogP contribution in [0.4, 0.5) is 0 Å². The molecule has 0 unspecified atom stereocenters. The van der Waals surface area contributed by atoms with Gasteiger partial charge in [-0.25, -0.2) is 0 Å². The van der Waals surface area contributed by atoms with Crippen molar-refractivity contribution < 1.29 is 4.74 Å². The van der Waals surface area contributed by atoms with Gasteiger partial charge in [-0.05, 0) is 56.9 Å². The lowest BCUT2D eigenvalue weighted by molar-refractivity contribution is 0.0135. The van der Waals surface area contributed by atoms with Crippen molar-refractivity contribution in [2.24, 2.45) is 0 Å². The molecule has 2 aliphatic rings. The van der Waals surface area contributed by atoms with Crippen molar-refractivity contribution >= 4 is 0 Å². The molecule has 0 radical (unpaired) electrons. The van der Waals surface area contributed by atoms with Gasteiger partial charge in [-0.3, -0.25) is 0 Å². The minimum atomic E-state index is -0.0825. The molecule has 1 saturated carbocycles. The highest BCUT2D eigenvalue weighted by Crippen LogP contribution is 2.47. The molecule has 0 atom stereocenters. The Morgan fingerprint density at radius 1 is 1.00 bits per heavy atom. The number of hydrogen-bond acceptors (Lipinski definition) is 1. The third-order valence-electron chi connectivity index (χ3n) is 4.62. The fourth-order valence-electron chi connectivity index (χ4n) is 3.69. The Bertz CT molecular complexity index is 620. The number of fused-ring (bicyclic) bond motifs is 4. The fraction of sp³-hybridized carbons (Fsp3) is 0.412. The largest absolute Gasteiger partial charge is 0.479 e. The van der Waals surface area contributed by atoms with E-state index in [-0.39, 0.29) is 5.60 Å². The Balaban J connectivity index is 1.96. The van der Waals surface area contributed by atoms with Crippen LogP contribution in [0.3, 0.4) is 0 Å². The van der Waals surface area contributed by atoms with Gasteiger partial charge in [0.15, 0.2) is 0 Å². The van der Waals surface area contributed by atoms with Crippen molar-refractivity contribution in [3.05, 3.63) is 47.8 Å². The first-order valence-corrected chi connectivity index (χ1v) is 7.27. The molecule has 4 rings (SSSR count). The zero-order chi connectivity index (χ0) is 12.9. The molecule has 0 N–H and O–H groups in total. The summed E-state index contributed by atoms with van der Waals surface area (Å²) in [5.74, 6) is 1.04. The molecular weight excluding hydrogens is 234 g/mol. The minimum absolute atomic E-state index is 0.0825. The van der Waals surface area contributed by atoms with Crippen LogP contribution in [0.25, 0.3) is 5.69 Å². The van der Waals surface area contributed by atoms with Gasteiger partial charge < -0.3 is 9.30 Å². The second kappa shape index (κ2) is 3.89. The maximum atomic E-state index is 6.48. The maximum absolute atomic E-state index is 6.48. The Morgan fingerprint density at radius 3 is 2.63 bits per heavy atom. The van der Waals surface area contributed by atoms with Crippen LogP contribution in [0.5, 0.6) is 5.75 Å². The van der Waals surface area contributed by atoms with Gasteiger partial charge in [0.2, 0.25) is 0 Å². The average molecular weight is 253 g/mol. The van der Waals surface area contributed by atoms with Gasteiger partial charge in [0.1, 0.15) is 11.4 Å². The van der Waals surface area contributed by atoms with Crippen LogP contribution >= 0.6 is 0 Å². The van der Waals surface area contributed by atoms with Crippen LogP contribution < -0.4 is 4.74 Å². The van der Waals surface area contributed by atoms with Crippen LogP contribution in [0, 0.1) is 6.92 Å². The normalized spacial score (nSPS) is 19.6. The van der Waals surface area contributed by atoms with E-state index in [1.54, 1.807) is 0 Å². The Morgan fingerprint density at radius 2 is 1.79 bits per heavy atom. The zero-order valence-corrected chi connectivity index (χ0v) is 11.4. The number of aromatic nitrogens is 1. The van der Waals surface area contributed by atoms with Gasteiger partial charge in [0, 0.05) is 5.69 Å². The van der Waals surface area contributed by atoms with Gasteiger partial charge >= 0.3 is 0 Å². The molecule has 0 bridgehead atoms.